The van der Waals surface area contributed by atoms with Crippen LogP contribution in [0.15, 0.2) is 12.2 Å². The summed E-state index contributed by atoms with van der Waals surface area (Å²) < 4.78 is 22.4. The molecule has 2 rings (SSSR count). The van der Waals surface area contributed by atoms with Crippen LogP contribution in [-0.2, 0) is 23.7 Å². The third-order valence-electron chi connectivity index (χ3n) is 11.5. The topological polar surface area (TPSA) is 228 Å². The largest absolute Gasteiger partial charge is 0.394 e. The van der Waals surface area contributed by atoms with Gasteiger partial charge in [-0.25, -0.2) is 0 Å². The Labute approximate surface area is 348 Å². The number of carbonyl (C=O) groups is 1. The van der Waals surface area contributed by atoms with Crippen molar-refractivity contribution < 1.29 is 64.6 Å². The molecule has 0 unspecified atom stereocenters. The minimum Gasteiger partial charge on any atom is -0.394 e. The molecule has 2 heterocycles. The standard InChI is InChI=1S/C44H83NO13/c1-3-5-7-8-9-10-11-12-13-14-15-16-17-18-19-20-21-22-23-24-26-28-36(49)45-32(33(48)27-25-6-4-2)31-55-43-41(54)39(52)42(35(30-47)57-43)58-44-40(53)38(51)37(50)34(29-46)56-44/h25,27,32-35,37-44,46-48,50-54H,3-24,26,28-31H2,1-2H3,(H,45,49)/b27-25-/t32-,33+,34-,35-,37+,38+,39-,40-,41-,42-,43-,44+/m1/s1. The fourth-order valence-electron chi connectivity index (χ4n) is 7.65. The Bertz CT molecular complexity index is 1040. The molecular formula is C44H83NO13. The van der Waals surface area contributed by atoms with Crippen molar-refractivity contribution in [2.45, 2.75) is 242 Å². The van der Waals surface area contributed by atoms with Crippen molar-refractivity contribution in [3.8, 4) is 0 Å². The first kappa shape index (κ1) is 52.9. The number of amides is 1. The van der Waals surface area contributed by atoms with Gasteiger partial charge < -0.3 is 65.1 Å². The lowest BCUT2D eigenvalue weighted by molar-refractivity contribution is -0.359. The Morgan fingerprint density at radius 1 is 0.603 bits per heavy atom. The molecule has 342 valence electrons. The van der Waals surface area contributed by atoms with Crippen LogP contribution in [0.1, 0.15) is 168 Å². The number of ether oxygens (including phenoxy) is 4. The lowest BCUT2D eigenvalue weighted by atomic mass is 9.97. The Kier molecular flexibility index (Phi) is 29.6. The first-order valence-corrected chi connectivity index (χ1v) is 22.9. The number of aliphatic hydroxyl groups excluding tert-OH is 8. The second-order valence-corrected chi connectivity index (χ2v) is 16.5. The molecule has 0 aromatic heterocycles. The highest BCUT2D eigenvalue weighted by Gasteiger charge is 2.50. The van der Waals surface area contributed by atoms with Crippen LogP contribution in [0.3, 0.4) is 0 Å². The zero-order chi connectivity index (χ0) is 42.5. The molecule has 0 radical (unpaired) electrons. The van der Waals surface area contributed by atoms with E-state index in [2.05, 4.69) is 12.2 Å². The van der Waals surface area contributed by atoms with Gasteiger partial charge in [0.05, 0.1) is 32.0 Å². The molecule has 14 nitrogen and oxygen atoms in total. The molecule has 2 fully saturated rings. The molecule has 14 heteroatoms. The lowest BCUT2D eigenvalue weighted by Crippen LogP contribution is -2.65. The molecule has 2 aliphatic rings. The molecule has 0 saturated carbocycles. The van der Waals surface area contributed by atoms with Gasteiger partial charge in [0, 0.05) is 6.42 Å². The van der Waals surface area contributed by atoms with Crippen LogP contribution in [-0.4, -0.2) is 140 Å². The fraction of sp³-hybridized carbons (Fsp3) is 0.932. The van der Waals surface area contributed by atoms with Crippen LogP contribution in [0.5, 0.6) is 0 Å². The van der Waals surface area contributed by atoms with Crippen LogP contribution in [0.25, 0.3) is 0 Å². The molecule has 2 saturated heterocycles. The monoisotopic (exact) mass is 834 g/mol. The lowest BCUT2D eigenvalue weighted by Gasteiger charge is -2.46. The van der Waals surface area contributed by atoms with Crippen LogP contribution in [0.4, 0.5) is 0 Å². The molecule has 0 spiro atoms. The number of rotatable bonds is 34. The van der Waals surface area contributed by atoms with Gasteiger partial charge in [-0.3, -0.25) is 4.79 Å². The second-order valence-electron chi connectivity index (χ2n) is 16.5. The third kappa shape index (κ3) is 20.5. The van der Waals surface area contributed by atoms with Gasteiger partial charge in [-0.2, -0.15) is 0 Å². The quantitative estimate of drug-likeness (QED) is 0.0324. The summed E-state index contributed by atoms with van der Waals surface area (Å²) in [5.74, 6) is -0.249. The summed E-state index contributed by atoms with van der Waals surface area (Å²) in [5, 5.41) is 85.7. The van der Waals surface area contributed by atoms with Crippen molar-refractivity contribution in [3.63, 3.8) is 0 Å². The smallest absolute Gasteiger partial charge is 0.220 e. The van der Waals surface area contributed by atoms with Crippen LogP contribution >= 0.6 is 0 Å². The zero-order valence-corrected chi connectivity index (χ0v) is 35.8. The molecule has 1 amide bonds. The normalized spacial score (nSPS) is 28.9. The summed E-state index contributed by atoms with van der Waals surface area (Å²) >= 11 is 0. The van der Waals surface area contributed by atoms with E-state index < -0.39 is 86.8 Å². The van der Waals surface area contributed by atoms with Gasteiger partial charge in [-0.15, -0.1) is 0 Å². The second kappa shape index (κ2) is 32.4. The van der Waals surface area contributed by atoms with E-state index in [4.69, 9.17) is 18.9 Å². The molecule has 0 bridgehead atoms. The molecule has 0 aliphatic carbocycles. The molecular weight excluding hydrogens is 750 g/mol. The van der Waals surface area contributed by atoms with E-state index in [1.165, 1.54) is 109 Å². The summed E-state index contributed by atoms with van der Waals surface area (Å²) in [6.45, 7) is 2.55. The van der Waals surface area contributed by atoms with Crippen molar-refractivity contribution in [1.29, 1.82) is 0 Å². The molecule has 0 aromatic carbocycles. The maximum Gasteiger partial charge on any atom is 0.220 e. The Morgan fingerprint density at radius 3 is 1.55 bits per heavy atom. The number of hydrogen-bond acceptors (Lipinski definition) is 13. The SMILES string of the molecule is CCC/C=C\[C@H](O)[C@@H](CO[C@@H]1O[C@H](CO)[C@@H](O[C@@H]2O[C@H](CO)[C@H](O)[C@H](O)[C@H]2O)[C@H](O)[C@H]1O)NC(=O)CCCCCCCCCCCCCCCCCCCCCCC. The molecule has 2 aliphatic heterocycles. The van der Waals surface area contributed by atoms with E-state index in [1.54, 1.807) is 6.08 Å². The third-order valence-corrected chi connectivity index (χ3v) is 11.5. The van der Waals surface area contributed by atoms with E-state index in [0.29, 0.717) is 6.42 Å². The van der Waals surface area contributed by atoms with Gasteiger partial charge in [0.1, 0.15) is 48.8 Å². The highest BCUT2D eigenvalue weighted by Crippen LogP contribution is 2.30. The van der Waals surface area contributed by atoms with Gasteiger partial charge in [-0.05, 0) is 12.8 Å². The van der Waals surface area contributed by atoms with E-state index in [0.717, 1.165) is 32.1 Å². The first-order valence-electron chi connectivity index (χ1n) is 22.9. The number of carbonyl (C=O) groups excluding carboxylic acids is 1. The predicted molar refractivity (Wildman–Crippen MR) is 222 cm³/mol. The van der Waals surface area contributed by atoms with Gasteiger partial charge in [-0.1, -0.05) is 161 Å². The van der Waals surface area contributed by atoms with Crippen molar-refractivity contribution >= 4 is 5.91 Å². The fourth-order valence-corrected chi connectivity index (χ4v) is 7.65. The zero-order valence-electron chi connectivity index (χ0n) is 35.8. The molecule has 9 N–H and O–H groups in total. The van der Waals surface area contributed by atoms with E-state index >= 15 is 0 Å². The minimum atomic E-state index is -1.78. The maximum atomic E-state index is 12.9. The van der Waals surface area contributed by atoms with Crippen LogP contribution in [0, 0.1) is 0 Å². The minimum absolute atomic E-state index is 0.249. The average Bonchev–Trinajstić information content (AvgIpc) is 3.22. The van der Waals surface area contributed by atoms with Gasteiger partial charge >= 0.3 is 0 Å². The molecule has 58 heavy (non-hydrogen) atoms. The van der Waals surface area contributed by atoms with E-state index in [9.17, 15) is 45.6 Å². The summed E-state index contributed by atoms with van der Waals surface area (Å²) in [6, 6.07) is -0.904. The molecule has 12 atom stereocenters. The highest BCUT2D eigenvalue weighted by molar-refractivity contribution is 5.76. The molecule has 0 aromatic rings. The summed E-state index contributed by atoms with van der Waals surface area (Å²) in [5.41, 5.74) is 0. The Morgan fingerprint density at radius 2 is 1.07 bits per heavy atom. The number of nitrogens with one attached hydrogen (secondary N) is 1. The average molecular weight is 834 g/mol. The maximum absolute atomic E-state index is 12.9. The van der Waals surface area contributed by atoms with E-state index in [1.807, 2.05) is 13.0 Å². The van der Waals surface area contributed by atoms with Gasteiger partial charge in [0.2, 0.25) is 5.91 Å². The number of allylic oxidation sites excluding steroid dienone is 1. The Hall–Kier alpha value is -1.27. The summed E-state index contributed by atoms with van der Waals surface area (Å²) in [7, 11) is 0. The number of hydrogen-bond donors (Lipinski definition) is 9. The van der Waals surface area contributed by atoms with E-state index in [-0.39, 0.29) is 18.9 Å². The predicted octanol–water partition coefficient (Wildman–Crippen LogP) is 4.43. The van der Waals surface area contributed by atoms with Crippen LogP contribution in [0.2, 0.25) is 0 Å². The van der Waals surface area contributed by atoms with Crippen LogP contribution < -0.4 is 5.32 Å². The number of aliphatic hydroxyl groups is 8. The van der Waals surface area contributed by atoms with Crippen molar-refractivity contribution in [3.05, 3.63) is 12.2 Å². The first-order chi connectivity index (χ1) is 28.1. The van der Waals surface area contributed by atoms with Crippen molar-refractivity contribution in [2.24, 2.45) is 0 Å². The summed E-state index contributed by atoms with van der Waals surface area (Å²) in [4.78, 5) is 12.9. The highest BCUT2D eigenvalue weighted by atomic mass is 16.7. The number of unbranched alkanes of at least 4 members (excludes halogenated alkanes) is 21. The van der Waals surface area contributed by atoms with Gasteiger partial charge in [0.15, 0.2) is 12.6 Å². The van der Waals surface area contributed by atoms with Gasteiger partial charge in [0.25, 0.3) is 0 Å². The Balaban J connectivity index is 1.67. The van der Waals surface area contributed by atoms with Crippen molar-refractivity contribution in [2.75, 3.05) is 19.8 Å². The summed E-state index contributed by atoms with van der Waals surface area (Å²) in [6.07, 6.45) is 15.2. The van der Waals surface area contributed by atoms with Crippen molar-refractivity contribution in [1.82, 2.24) is 5.32 Å².